The van der Waals surface area contributed by atoms with E-state index in [1.165, 1.54) is 17.0 Å². The third kappa shape index (κ3) is 3.89. The second kappa shape index (κ2) is 6.65. The zero-order chi connectivity index (χ0) is 15.2. The van der Waals surface area contributed by atoms with Gasteiger partial charge in [-0.3, -0.25) is 4.90 Å². The van der Waals surface area contributed by atoms with Crippen LogP contribution in [-0.2, 0) is 0 Å². The maximum absolute atomic E-state index is 12.1. The van der Waals surface area contributed by atoms with Crippen molar-refractivity contribution >= 4 is 17.4 Å². The fourth-order valence-electron chi connectivity index (χ4n) is 1.80. The Hall–Kier alpha value is -2.69. The first kappa shape index (κ1) is 14.7. The molecule has 0 aliphatic rings. The highest BCUT2D eigenvalue weighted by molar-refractivity contribution is 6.01. The number of nitrogens with one attached hydrogen (secondary N) is 1. The van der Waals surface area contributed by atoms with Crippen LogP contribution >= 0.6 is 0 Å². The maximum atomic E-state index is 12.1. The fourth-order valence-corrected chi connectivity index (χ4v) is 1.80. The molecule has 2 amide bonds. The van der Waals surface area contributed by atoms with Crippen LogP contribution in [0.2, 0.25) is 0 Å². The van der Waals surface area contributed by atoms with Crippen molar-refractivity contribution in [2.24, 2.45) is 0 Å². The predicted octanol–water partition coefficient (Wildman–Crippen LogP) is 3.46. The molecule has 0 atom stereocenters. The minimum absolute atomic E-state index is 0.166. The van der Waals surface area contributed by atoms with Crippen LogP contribution in [0, 0.1) is 0 Å². The summed E-state index contributed by atoms with van der Waals surface area (Å²) in [5.41, 5.74) is 1.38. The van der Waals surface area contributed by atoms with Crippen molar-refractivity contribution < 1.29 is 14.6 Å². The van der Waals surface area contributed by atoms with E-state index in [0.717, 1.165) is 5.75 Å². The number of nitrogens with zero attached hydrogens (tertiary/aromatic N) is 1. The Bertz CT molecular complexity index is 594. The normalized spacial score (nSPS) is 10.0. The van der Waals surface area contributed by atoms with E-state index in [1.807, 2.05) is 6.92 Å². The number of carbonyl (C=O) groups excluding carboxylic acids is 1. The Balaban J connectivity index is 2.01. The van der Waals surface area contributed by atoms with Gasteiger partial charge in [-0.25, -0.2) is 4.79 Å². The average molecular weight is 286 g/mol. The van der Waals surface area contributed by atoms with Crippen molar-refractivity contribution in [3.05, 3.63) is 48.5 Å². The molecule has 5 nitrogen and oxygen atoms in total. The van der Waals surface area contributed by atoms with Gasteiger partial charge in [-0.1, -0.05) is 0 Å². The van der Waals surface area contributed by atoms with E-state index in [1.54, 1.807) is 43.4 Å². The van der Waals surface area contributed by atoms with Gasteiger partial charge in [0, 0.05) is 18.4 Å². The predicted molar refractivity (Wildman–Crippen MR) is 83.1 cm³/mol. The number of hydrogen-bond donors (Lipinski definition) is 2. The Morgan fingerprint density at radius 2 is 1.76 bits per heavy atom. The molecule has 0 saturated carbocycles. The lowest BCUT2D eigenvalue weighted by Crippen LogP contribution is -2.31. The summed E-state index contributed by atoms with van der Waals surface area (Å²) in [6.07, 6.45) is 0. The van der Waals surface area contributed by atoms with Gasteiger partial charge in [0.1, 0.15) is 11.5 Å². The van der Waals surface area contributed by atoms with E-state index < -0.39 is 0 Å². The van der Waals surface area contributed by atoms with Crippen LogP contribution in [0.4, 0.5) is 16.2 Å². The standard InChI is InChI=1S/C16H18N2O3/c1-3-21-15-10-4-12(5-11-15)17-16(20)18(2)13-6-8-14(19)9-7-13/h4-11,19H,3H2,1-2H3,(H,17,20). The highest BCUT2D eigenvalue weighted by Gasteiger charge is 2.10. The number of urea groups is 1. The van der Waals surface area contributed by atoms with Gasteiger partial charge in [-0.15, -0.1) is 0 Å². The fraction of sp³-hybridized carbons (Fsp3) is 0.188. The van der Waals surface area contributed by atoms with Gasteiger partial charge in [-0.2, -0.15) is 0 Å². The van der Waals surface area contributed by atoms with Crippen molar-refractivity contribution in [3.8, 4) is 11.5 Å². The zero-order valence-corrected chi connectivity index (χ0v) is 12.0. The summed E-state index contributed by atoms with van der Waals surface area (Å²) < 4.78 is 5.35. The number of anilines is 2. The molecule has 5 heteroatoms. The van der Waals surface area contributed by atoms with Gasteiger partial charge in [0.25, 0.3) is 0 Å². The first-order valence-electron chi connectivity index (χ1n) is 6.66. The SMILES string of the molecule is CCOc1ccc(NC(=O)N(C)c2ccc(O)cc2)cc1. The molecule has 0 saturated heterocycles. The van der Waals surface area contributed by atoms with E-state index in [2.05, 4.69) is 5.32 Å². The lowest BCUT2D eigenvalue weighted by Gasteiger charge is -2.18. The number of rotatable bonds is 4. The molecule has 110 valence electrons. The minimum Gasteiger partial charge on any atom is -0.508 e. The Kier molecular flexibility index (Phi) is 4.66. The monoisotopic (exact) mass is 286 g/mol. The van der Waals surface area contributed by atoms with Gasteiger partial charge in [0.2, 0.25) is 0 Å². The first-order chi connectivity index (χ1) is 10.1. The number of hydrogen-bond acceptors (Lipinski definition) is 3. The van der Waals surface area contributed by atoms with E-state index in [4.69, 9.17) is 4.74 Å². The van der Waals surface area contributed by atoms with Crippen LogP contribution in [-0.4, -0.2) is 24.8 Å². The Morgan fingerprint density at radius 3 is 2.33 bits per heavy atom. The molecule has 0 heterocycles. The largest absolute Gasteiger partial charge is 0.508 e. The molecule has 0 aromatic heterocycles. The summed E-state index contributed by atoms with van der Waals surface area (Å²) in [5, 5.41) is 12.0. The lowest BCUT2D eigenvalue weighted by atomic mass is 10.3. The van der Waals surface area contributed by atoms with E-state index in [-0.39, 0.29) is 11.8 Å². The third-order valence-corrected chi connectivity index (χ3v) is 2.96. The molecule has 0 aliphatic heterocycles. The molecular formula is C16H18N2O3. The number of carbonyl (C=O) groups is 1. The number of phenols is 1. The molecule has 2 aromatic rings. The van der Waals surface area contributed by atoms with Gasteiger partial charge in [0.05, 0.1) is 6.61 Å². The number of benzene rings is 2. The molecule has 2 N–H and O–H groups in total. The van der Waals surface area contributed by atoms with Crippen LogP contribution in [0.25, 0.3) is 0 Å². The van der Waals surface area contributed by atoms with Gasteiger partial charge >= 0.3 is 6.03 Å². The Morgan fingerprint density at radius 1 is 1.14 bits per heavy atom. The van der Waals surface area contributed by atoms with E-state index in [9.17, 15) is 9.90 Å². The van der Waals surface area contributed by atoms with Crippen molar-refractivity contribution in [1.29, 1.82) is 0 Å². The third-order valence-electron chi connectivity index (χ3n) is 2.96. The molecule has 0 unspecified atom stereocenters. The average Bonchev–Trinajstić information content (AvgIpc) is 2.49. The summed E-state index contributed by atoms with van der Waals surface area (Å²) in [5.74, 6) is 0.932. The first-order valence-corrected chi connectivity index (χ1v) is 6.66. The van der Waals surface area contributed by atoms with Crippen molar-refractivity contribution in [2.75, 3.05) is 23.9 Å². The van der Waals surface area contributed by atoms with Crippen molar-refractivity contribution in [3.63, 3.8) is 0 Å². The van der Waals surface area contributed by atoms with Crippen LogP contribution < -0.4 is 15.0 Å². The molecule has 0 fully saturated rings. The summed E-state index contributed by atoms with van der Waals surface area (Å²) in [6.45, 7) is 2.53. The van der Waals surface area contributed by atoms with Crippen molar-refractivity contribution in [2.45, 2.75) is 6.92 Å². The molecule has 0 spiro atoms. The quantitative estimate of drug-likeness (QED) is 0.904. The lowest BCUT2D eigenvalue weighted by molar-refractivity contribution is 0.258. The Labute approximate surface area is 123 Å². The van der Waals surface area contributed by atoms with Gasteiger partial charge in [0.15, 0.2) is 0 Å². The van der Waals surface area contributed by atoms with Gasteiger partial charge in [-0.05, 0) is 55.5 Å². The minimum atomic E-state index is -0.259. The van der Waals surface area contributed by atoms with Crippen molar-refractivity contribution in [1.82, 2.24) is 0 Å². The number of amides is 2. The smallest absolute Gasteiger partial charge is 0.326 e. The molecule has 21 heavy (non-hydrogen) atoms. The molecule has 0 radical (unpaired) electrons. The molecular weight excluding hydrogens is 268 g/mol. The number of aromatic hydroxyl groups is 1. The van der Waals surface area contributed by atoms with Crippen LogP contribution in [0.5, 0.6) is 11.5 Å². The van der Waals surface area contributed by atoms with E-state index in [0.29, 0.717) is 18.0 Å². The van der Waals surface area contributed by atoms with Crippen LogP contribution in [0.3, 0.4) is 0 Å². The summed E-state index contributed by atoms with van der Waals surface area (Å²) in [4.78, 5) is 13.6. The van der Waals surface area contributed by atoms with E-state index >= 15 is 0 Å². The number of ether oxygens (including phenoxy) is 1. The number of phenolic OH excluding ortho intramolecular Hbond substituents is 1. The zero-order valence-electron chi connectivity index (χ0n) is 12.0. The summed E-state index contributed by atoms with van der Waals surface area (Å²) >= 11 is 0. The molecule has 2 rings (SSSR count). The second-order valence-corrected chi connectivity index (χ2v) is 4.46. The highest BCUT2D eigenvalue weighted by atomic mass is 16.5. The van der Waals surface area contributed by atoms with Crippen LogP contribution in [0.15, 0.2) is 48.5 Å². The molecule has 0 aliphatic carbocycles. The molecule has 2 aromatic carbocycles. The second-order valence-electron chi connectivity index (χ2n) is 4.46. The summed E-state index contributed by atoms with van der Waals surface area (Å²) in [6, 6.07) is 13.3. The summed E-state index contributed by atoms with van der Waals surface area (Å²) in [7, 11) is 1.66. The topological polar surface area (TPSA) is 61.8 Å². The van der Waals surface area contributed by atoms with Gasteiger partial charge < -0.3 is 15.2 Å². The molecule has 0 bridgehead atoms. The van der Waals surface area contributed by atoms with Crippen LogP contribution in [0.1, 0.15) is 6.92 Å². The maximum Gasteiger partial charge on any atom is 0.326 e. The highest BCUT2D eigenvalue weighted by Crippen LogP contribution is 2.19.